The molecule has 0 bridgehead atoms. The quantitative estimate of drug-likeness (QED) is 0.591. The highest BCUT2D eigenvalue weighted by Gasteiger charge is 2.20. The number of hydrogen-bond acceptors (Lipinski definition) is 4. The molecule has 1 saturated heterocycles. The maximum atomic E-state index is 13.9. The van der Waals surface area contributed by atoms with Crippen molar-refractivity contribution in [3.63, 3.8) is 0 Å². The van der Waals surface area contributed by atoms with Gasteiger partial charge in [-0.05, 0) is 36.8 Å². The number of anilines is 2. The summed E-state index contributed by atoms with van der Waals surface area (Å²) in [6.45, 7) is 1.12. The van der Waals surface area contributed by atoms with E-state index in [-0.39, 0.29) is 21.7 Å². The molecule has 1 aliphatic rings. The summed E-state index contributed by atoms with van der Waals surface area (Å²) in [6.07, 6.45) is 0.398. The van der Waals surface area contributed by atoms with Crippen LogP contribution in [0.4, 0.5) is 20.2 Å². The van der Waals surface area contributed by atoms with Crippen LogP contribution in [0.2, 0.25) is 0 Å². The molecule has 2 aromatic rings. The van der Waals surface area contributed by atoms with Gasteiger partial charge < -0.3 is 20.5 Å². The number of ether oxygens (including phenoxy) is 1. The van der Waals surface area contributed by atoms with Gasteiger partial charge in [-0.2, -0.15) is 0 Å². The minimum atomic E-state index is -1.11. The van der Waals surface area contributed by atoms with Gasteiger partial charge in [0.2, 0.25) is 5.91 Å². The second-order valence-electron chi connectivity index (χ2n) is 6.30. The molecule has 1 unspecified atom stereocenters. The fourth-order valence-electron chi connectivity index (χ4n) is 2.70. The van der Waals surface area contributed by atoms with Crippen molar-refractivity contribution < 1.29 is 28.2 Å². The van der Waals surface area contributed by atoms with Crippen LogP contribution in [0.3, 0.4) is 0 Å². The maximum absolute atomic E-state index is 13.9. The van der Waals surface area contributed by atoms with Crippen LogP contribution in [-0.2, 0) is 16.0 Å². The van der Waals surface area contributed by atoms with Gasteiger partial charge in [0.15, 0.2) is 0 Å². The number of hydrogen-bond donors (Lipinski definition) is 3. The Kier molecular flexibility index (Phi) is 6.25. The van der Waals surface area contributed by atoms with Crippen molar-refractivity contribution in [1.82, 2.24) is 0 Å². The first-order chi connectivity index (χ1) is 13.3. The third-order valence-electron chi connectivity index (χ3n) is 4.30. The molecule has 0 aromatic heterocycles. The van der Waals surface area contributed by atoms with E-state index in [1.165, 1.54) is 18.2 Å². The van der Waals surface area contributed by atoms with E-state index in [2.05, 4.69) is 26.6 Å². The lowest BCUT2D eigenvalue weighted by Crippen LogP contribution is -2.33. The molecule has 0 radical (unpaired) electrons. The number of carbonyl (C=O) groups is 2. The predicted octanol–water partition coefficient (Wildman–Crippen LogP) is 3.81. The Balaban J connectivity index is 1.76. The summed E-state index contributed by atoms with van der Waals surface area (Å²) in [7, 11) is 0. The average molecular weight is 455 g/mol. The summed E-state index contributed by atoms with van der Waals surface area (Å²) in [5.41, 5.74) is 0.396. The highest BCUT2D eigenvalue weighted by atomic mass is 79.9. The summed E-state index contributed by atoms with van der Waals surface area (Å²) in [5.74, 6) is -3.40. The number of nitrogens with one attached hydrogen (secondary N) is 2. The van der Waals surface area contributed by atoms with Crippen molar-refractivity contribution in [2.75, 3.05) is 23.8 Å². The van der Waals surface area contributed by atoms with Gasteiger partial charge in [-0.1, -0.05) is 15.9 Å². The molecule has 1 amide bonds. The molecule has 6 nitrogen and oxygen atoms in total. The minimum absolute atomic E-state index is 0.0167. The Bertz CT molecular complexity index is 896. The standard InChI is InChI=1S/C19H17BrF2N2O4/c20-11-6-14(21)13(15(22)7-11)8-18(25)24-16-2-1-10(19(26)27)5-17(16)23-9-12-3-4-28-12/h1-2,5-7,12,23H,3-4,8-9H2,(H,24,25)(H,26,27). The van der Waals surface area contributed by atoms with E-state index in [0.29, 0.717) is 24.5 Å². The molecule has 2 aromatic carbocycles. The molecule has 3 N–H and O–H groups in total. The second kappa shape index (κ2) is 8.66. The first-order valence-electron chi connectivity index (χ1n) is 8.49. The van der Waals surface area contributed by atoms with Crippen LogP contribution in [0.25, 0.3) is 0 Å². The fraction of sp³-hybridized carbons (Fsp3) is 0.263. The van der Waals surface area contributed by atoms with E-state index in [9.17, 15) is 18.4 Å². The zero-order chi connectivity index (χ0) is 20.3. The summed E-state index contributed by atoms with van der Waals surface area (Å²) in [4.78, 5) is 23.5. The van der Waals surface area contributed by atoms with Gasteiger partial charge >= 0.3 is 5.97 Å². The third-order valence-corrected chi connectivity index (χ3v) is 4.76. The Morgan fingerprint density at radius 1 is 1.18 bits per heavy atom. The topological polar surface area (TPSA) is 87.7 Å². The van der Waals surface area contributed by atoms with Gasteiger partial charge in [-0.25, -0.2) is 13.6 Å². The van der Waals surface area contributed by atoms with Gasteiger partial charge in [-0.15, -0.1) is 0 Å². The zero-order valence-corrected chi connectivity index (χ0v) is 16.2. The number of halogens is 3. The molecule has 28 heavy (non-hydrogen) atoms. The van der Waals surface area contributed by atoms with Crippen LogP contribution in [0.1, 0.15) is 22.3 Å². The monoisotopic (exact) mass is 454 g/mol. The number of carboxylic acid groups (broad SMARTS) is 1. The van der Waals surface area contributed by atoms with Crippen LogP contribution < -0.4 is 10.6 Å². The van der Waals surface area contributed by atoms with E-state index < -0.39 is 29.9 Å². The minimum Gasteiger partial charge on any atom is -0.478 e. The molecule has 0 aliphatic carbocycles. The van der Waals surface area contributed by atoms with Crippen molar-refractivity contribution in [1.29, 1.82) is 0 Å². The molecule has 0 spiro atoms. The molecular weight excluding hydrogens is 438 g/mol. The van der Waals surface area contributed by atoms with Gasteiger partial charge in [0, 0.05) is 23.2 Å². The van der Waals surface area contributed by atoms with E-state index in [1.54, 1.807) is 0 Å². The molecule has 1 aliphatic heterocycles. The van der Waals surface area contributed by atoms with Crippen molar-refractivity contribution in [2.24, 2.45) is 0 Å². The number of carbonyl (C=O) groups excluding carboxylic acids is 1. The summed E-state index contributed by atoms with van der Waals surface area (Å²) >= 11 is 2.99. The average Bonchev–Trinajstić information content (AvgIpc) is 2.57. The zero-order valence-electron chi connectivity index (χ0n) is 14.6. The Hall–Kier alpha value is -2.52. The summed E-state index contributed by atoms with van der Waals surface area (Å²) < 4.78 is 33.4. The van der Waals surface area contributed by atoms with Crippen LogP contribution in [0.5, 0.6) is 0 Å². The Morgan fingerprint density at radius 3 is 2.43 bits per heavy atom. The van der Waals surface area contributed by atoms with Crippen LogP contribution in [0, 0.1) is 11.6 Å². The highest BCUT2D eigenvalue weighted by molar-refractivity contribution is 9.10. The number of benzene rings is 2. The first kappa shape index (κ1) is 20.2. The molecule has 1 heterocycles. The van der Waals surface area contributed by atoms with Gasteiger partial charge in [0.05, 0.1) is 29.5 Å². The van der Waals surface area contributed by atoms with E-state index in [1.807, 2.05) is 0 Å². The largest absolute Gasteiger partial charge is 0.478 e. The van der Waals surface area contributed by atoms with Crippen molar-refractivity contribution in [2.45, 2.75) is 18.9 Å². The van der Waals surface area contributed by atoms with Crippen molar-refractivity contribution in [3.05, 3.63) is 57.6 Å². The Labute approximate surface area is 168 Å². The first-order valence-corrected chi connectivity index (χ1v) is 9.29. The van der Waals surface area contributed by atoms with Gasteiger partial charge in [0.1, 0.15) is 11.6 Å². The summed E-state index contributed by atoms with van der Waals surface area (Å²) in [5, 5.41) is 14.8. The summed E-state index contributed by atoms with van der Waals surface area (Å²) in [6, 6.07) is 6.32. The molecule has 0 saturated carbocycles. The van der Waals surface area contributed by atoms with Crippen LogP contribution in [-0.4, -0.2) is 36.2 Å². The fourth-order valence-corrected chi connectivity index (χ4v) is 3.10. The number of rotatable bonds is 7. The lowest BCUT2D eigenvalue weighted by molar-refractivity contribution is -0.115. The number of amides is 1. The molecule has 1 fully saturated rings. The highest BCUT2D eigenvalue weighted by Crippen LogP contribution is 2.26. The van der Waals surface area contributed by atoms with Crippen molar-refractivity contribution >= 4 is 39.2 Å². The van der Waals surface area contributed by atoms with E-state index >= 15 is 0 Å². The molecular formula is C19H17BrF2N2O4. The normalized spacial score (nSPS) is 15.6. The van der Waals surface area contributed by atoms with Crippen LogP contribution >= 0.6 is 15.9 Å². The number of carboxylic acids is 1. The molecule has 3 rings (SSSR count). The predicted molar refractivity (Wildman–Crippen MR) is 103 cm³/mol. The molecule has 148 valence electrons. The third kappa shape index (κ3) is 4.85. The number of aromatic carboxylic acids is 1. The van der Waals surface area contributed by atoms with E-state index in [4.69, 9.17) is 9.84 Å². The molecule has 9 heteroatoms. The lowest BCUT2D eigenvalue weighted by Gasteiger charge is -2.27. The SMILES string of the molecule is O=C(Cc1c(F)cc(Br)cc1F)Nc1ccc(C(=O)O)cc1NCC1CCO1. The van der Waals surface area contributed by atoms with Crippen LogP contribution in [0.15, 0.2) is 34.8 Å². The van der Waals surface area contributed by atoms with Gasteiger partial charge in [-0.3, -0.25) is 4.79 Å². The molecule has 1 atom stereocenters. The maximum Gasteiger partial charge on any atom is 0.335 e. The lowest BCUT2D eigenvalue weighted by atomic mass is 10.1. The second-order valence-corrected chi connectivity index (χ2v) is 7.22. The smallest absolute Gasteiger partial charge is 0.335 e. The van der Waals surface area contributed by atoms with Gasteiger partial charge in [0.25, 0.3) is 0 Å². The van der Waals surface area contributed by atoms with E-state index in [0.717, 1.165) is 18.6 Å². The Morgan fingerprint density at radius 2 is 1.86 bits per heavy atom. The van der Waals surface area contributed by atoms with Crippen molar-refractivity contribution in [3.8, 4) is 0 Å².